The highest BCUT2D eigenvalue weighted by Crippen LogP contribution is 2.24. The number of carbonyl (C=O) groups is 1. The fourth-order valence-electron chi connectivity index (χ4n) is 3.06. The van der Waals surface area contributed by atoms with Gasteiger partial charge in [0.05, 0.1) is 6.04 Å². The average Bonchev–Trinajstić information content (AvgIpc) is 3.19. The van der Waals surface area contributed by atoms with Crippen molar-refractivity contribution in [2.45, 2.75) is 19.9 Å². The van der Waals surface area contributed by atoms with E-state index in [2.05, 4.69) is 20.8 Å². The summed E-state index contributed by atoms with van der Waals surface area (Å²) in [7, 11) is 0. The molecule has 0 atom stereocenters. The maximum absolute atomic E-state index is 12.8. The van der Waals surface area contributed by atoms with Crippen LogP contribution in [-0.2, 0) is 0 Å². The molecule has 134 valence electrons. The largest absolute Gasteiger partial charge is 0.321 e. The number of tetrazole rings is 1. The Morgan fingerprint density at radius 2 is 1.78 bits per heavy atom. The molecule has 0 radical (unpaired) electrons. The highest BCUT2D eigenvalue weighted by molar-refractivity contribution is 6.09. The molecule has 3 aromatic carbocycles. The third-order valence-electron chi connectivity index (χ3n) is 4.40. The number of nitrogens with zero attached hydrogens (tertiary/aromatic N) is 4. The summed E-state index contributed by atoms with van der Waals surface area (Å²) in [6.45, 7) is 4.02. The number of fused-ring (bicyclic) bond motifs is 1. The molecule has 1 amide bonds. The first kappa shape index (κ1) is 16.9. The van der Waals surface area contributed by atoms with E-state index in [1.54, 1.807) is 10.7 Å². The highest BCUT2D eigenvalue weighted by atomic mass is 16.1. The Morgan fingerprint density at radius 3 is 2.63 bits per heavy atom. The number of carbonyl (C=O) groups excluding carboxylic acids is 1. The highest BCUT2D eigenvalue weighted by Gasteiger charge is 2.14. The second-order valence-electron chi connectivity index (χ2n) is 6.60. The summed E-state index contributed by atoms with van der Waals surface area (Å²) in [6.07, 6.45) is 0. The predicted octanol–water partition coefficient (Wildman–Crippen LogP) is 4.33. The molecule has 1 N–H and O–H groups in total. The SMILES string of the molecule is CC(C)n1nnnc1-c1cccc(C(=O)Nc2cccc3ccccc23)c1. The molecule has 0 bridgehead atoms. The van der Waals surface area contributed by atoms with Gasteiger partial charge in [0, 0.05) is 22.2 Å². The molecule has 4 rings (SSSR count). The number of benzene rings is 3. The zero-order valence-electron chi connectivity index (χ0n) is 15.1. The van der Waals surface area contributed by atoms with E-state index < -0.39 is 0 Å². The molecule has 6 heteroatoms. The average molecular weight is 357 g/mol. The molecule has 0 aliphatic carbocycles. The molecule has 6 nitrogen and oxygen atoms in total. The quantitative estimate of drug-likeness (QED) is 0.590. The van der Waals surface area contributed by atoms with Crippen LogP contribution in [0.2, 0.25) is 0 Å². The second kappa shape index (κ2) is 6.99. The zero-order valence-corrected chi connectivity index (χ0v) is 15.1. The topological polar surface area (TPSA) is 72.7 Å². The second-order valence-corrected chi connectivity index (χ2v) is 6.60. The monoisotopic (exact) mass is 357 g/mol. The van der Waals surface area contributed by atoms with Crippen LogP contribution in [0.4, 0.5) is 5.69 Å². The number of anilines is 1. The molecule has 4 aromatic rings. The molecule has 0 saturated carbocycles. The molecule has 0 saturated heterocycles. The fraction of sp³-hybridized carbons (Fsp3) is 0.143. The summed E-state index contributed by atoms with van der Waals surface area (Å²) in [5.74, 6) is 0.474. The normalized spacial score (nSPS) is 11.1. The maximum atomic E-state index is 12.8. The predicted molar refractivity (Wildman–Crippen MR) is 106 cm³/mol. The standard InChI is InChI=1S/C21H19N5O/c1-14(2)26-20(23-24-25-26)16-9-5-10-17(13-16)21(27)22-19-12-6-8-15-7-3-4-11-18(15)19/h3-14H,1-2H3,(H,22,27). The van der Waals surface area contributed by atoms with Gasteiger partial charge in [0.15, 0.2) is 5.82 Å². The third kappa shape index (κ3) is 3.29. The number of aromatic nitrogens is 4. The Balaban J connectivity index is 1.66. The van der Waals surface area contributed by atoms with Crippen molar-refractivity contribution in [3.63, 3.8) is 0 Å². The first-order valence-electron chi connectivity index (χ1n) is 8.81. The van der Waals surface area contributed by atoms with E-state index in [4.69, 9.17) is 0 Å². The Kier molecular flexibility index (Phi) is 4.38. The number of amides is 1. The zero-order chi connectivity index (χ0) is 18.8. The van der Waals surface area contributed by atoms with Crippen LogP contribution in [0.25, 0.3) is 22.2 Å². The van der Waals surface area contributed by atoms with Crippen LogP contribution in [0.15, 0.2) is 66.7 Å². The first-order valence-corrected chi connectivity index (χ1v) is 8.81. The van der Waals surface area contributed by atoms with Gasteiger partial charge in [-0.2, -0.15) is 0 Å². The molecule has 0 aliphatic rings. The van der Waals surface area contributed by atoms with Crippen molar-refractivity contribution in [1.82, 2.24) is 20.2 Å². The van der Waals surface area contributed by atoms with Gasteiger partial charge >= 0.3 is 0 Å². The molecular weight excluding hydrogens is 338 g/mol. The summed E-state index contributed by atoms with van der Waals surface area (Å²) in [6, 6.07) is 21.3. The summed E-state index contributed by atoms with van der Waals surface area (Å²) < 4.78 is 1.74. The molecule has 27 heavy (non-hydrogen) atoms. The van der Waals surface area contributed by atoms with Gasteiger partial charge in [-0.1, -0.05) is 48.5 Å². The summed E-state index contributed by atoms with van der Waals surface area (Å²) in [4.78, 5) is 12.8. The molecule has 0 fully saturated rings. The lowest BCUT2D eigenvalue weighted by Gasteiger charge is -2.11. The van der Waals surface area contributed by atoms with Gasteiger partial charge in [0.1, 0.15) is 0 Å². The Hall–Kier alpha value is -3.54. The van der Waals surface area contributed by atoms with Gasteiger partial charge in [-0.25, -0.2) is 4.68 Å². The first-order chi connectivity index (χ1) is 13.1. The van der Waals surface area contributed by atoms with Gasteiger partial charge in [0.2, 0.25) is 0 Å². The van der Waals surface area contributed by atoms with Crippen molar-refractivity contribution in [2.24, 2.45) is 0 Å². The van der Waals surface area contributed by atoms with Crippen molar-refractivity contribution in [1.29, 1.82) is 0 Å². The van der Waals surface area contributed by atoms with E-state index in [1.807, 2.05) is 74.5 Å². The van der Waals surface area contributed by atoms with Crippen LogP contribution in [0.5, 0.6) is 0 Å². The van der Waals surface area contributed by atoms with Gasteiger partial charge in [-0.15, -0.1) is 5.10 Å². The van der Waals surface area contributed by atoms with Crippen molar-refractivity contribution in [3.8, 4) is 11.4 Å². The van der Waals surface area contributed by atoms with Crippen LogP contribution in [0, 0.1) is 0 Å². The van der Waals surface area contributed by atoms with E-state index in [9.17, 15) is 4.79 Å². The van der Waals surface area contributed by atoms with Crippen LogP contribution in [0.1, 0.15) is 30.2 Å². The minimum absolute atomic E-state index is 0.128. The Bertz CT molecular complexity index is 1110. The molecule has 1 aromatic heterocycles. The minimum atomic E-state index is -0.170. The third-order valence-corrected chi connectivity index (χ3v) is 4.40. The van der Waals surface area contributed by atoms with Crippen molar-refractivity contribution < 1.29 is 4.79 Å². The summed E-state index contributed by atoms with van der Waals surface area (Å²) >= 11 is 0. The van der Waals surface area contributed by atoms with Gasteiger partial charge < -0.3 is 5.32 Å². The van der Waals surface area contributed by atoms with Crippen LogP contribution >= 0.6 is 0 Å². The number of hydrogen-bond acceptors (Lipinski definition) is 4. The van der Waals surface area contributed by atoms with E-state index in [0.717, 1.165) is 22.0 Å². The Labute approximate surface area is 156 Å². The summed E-state index contributed by atoms with van der Waals surface area (Å²) in [5, 5.41) is 17.0. The van der Waals surface area contributed by atoms with Crippen LogP contribution < -0.4 is 5.32 Å². The lowest BCUT2D eigenvalue weighted by atomic mass is 10.1. The van der Waals surface area contributed by atoms with Crippen LogP contribution in [0.3, 0.4) is 0 Å². The fourth-order valence-corrected chi connectivity index (χ4v) is 3.06. The lowest BCUT2D eigenvalue weighted by Crippen LogP contribution is -2.12. The number of nitrogens with one attached hydrogen (secondary N) is 1. The maximum Gasteiger partial charge on any atom is 0.255 e. The molecule has 0 aliphatic heterocycles. The van der Waals surface area contributed by atoms with Crippen molar-refractivity contribution >= 4 is 22.4 Å². The number of hydrogen-bond donors (Lipinski definition) is 1. The summed E-state index contributed by atoms with van der Waals surface area (Å²) in [5.41, 5.74) is 2.15. The molecular formula is C21H19N5O. The van der Waals surface area contributed by atoms with Crippen molar-refractivity contribution in [3.05, 3.63) is 72.3 Å². The van der Waals surface area contributed by atoms with E-state index >= 15 is 0 Å². The van der Waals surface area contributed by atoms with E-state index in [-0.39, 0.29) is 11.9 Å². The van der Waals surface area contributed by atoms with Gasteiger partial charge in [-0.05, 0) is 47.9 Å². The molecule has 0 spiro atoms. The van der Waals surface area contributed by atoms with Crippen molar-refractivity contribution in [2.75, 3.05) is 5.32 Å². The molecule has 0 unspecified atom stereocenters. The lowest BCUT2D eigenvalue weighted by molar-refractivity contribution is 0.102. The van der Waals surface area contributed by atoms with E-state index in [1.165, 1.54) is 0 Å². The number of rotatable bonds is 4. The smallest absolute Gasteiger partial charge is 0.255 e. The molecule has 1 heterocycles. The van der Waals surface area contributed by atoms with E-state index in [0.29, 0.717) is 11.4 Å². The van der Waals surface area contributed by atoms with Crippen LogP contribution in [-0.4, -0.2) is 26.1 Å². The Morgan fingerprint density at radius 1 is 1.00 bits per heavy atom. The van der Waals surface area contributed by atoms with Gasteiger partial charge in [-0.3, -0.25) is 4.79 Å². The minimum Gasteiger partial charge on any atom is -0.321 e. The van der Waals surface area contributed by atoms with Gasteiger partial charge in [0.25, 0.3) is 5.91 Å².